The Labute approximate surface area is 373 Å². The van der Waals surface area contributed by atoms with Gasteiger partial charge in [0.15, 0.2) is 12.6 Å². The Hall–Kier alpha value is -1.53. The number of carbonyl (C=O) groups is 1. The summed E-state index contributed by atoms with van der Waals surface area (Å²) in [5, 5.41) is 72.0. The maximum atomic E-state index is 13.0. The second-order valence-corrected chi connectivity index (χ2v) is 17.3. The first-order valence-electron chi connectivity index (χ1n) is 24.4. The van der Waals surface area contributed by atoms with Crippen LogP contribution in [-0.4, -0.2) is 142 Å². The van der Waals surface area contributed by atoms with Crippen LogP contribution in [-0.2, 0) is 33.2 Å². The first-order valence-corrected chi connectivity index (χ1v) is 24.4. The molecule has 2 heterocycles. The monoisotopic (exact) mass is 889 g/mol. The van der Waals surface area contributed by atoms with Crippen molar-refractivity contribution in [1.82, 2.24) is 0 Å². The van der Waals surface area contributed by atoms with Crippen molar-refractivity contribution in [3.05, 3.63) is 24.3 Å². The average molecular weight is 889 g/mol. The summed E-state index contributed by atoms with van der Waals surface area (Å²) in [6.45, 7) is 3.62. The van der Waals surface area contributed by atoms with Gasteiger partial charge in [-0.2, -0.15) is 0 Å². The lowest BCUT2D eigenvalue weighted by atomic mass is 9.98. The highest BCUT2D eigenvalue weighted by Gasteiger charge is 2.47. The van der Waals surface area contributed by atoms with Gasteiger partial charge in [0, 0.05) is 13.0 Å². The normalized spacial score (nSPS) is 27.4. The molecule has 0 aromatic carbocycles. The number of hydrogen-bond donors (Lipinski definition) is 7. The molecule has 11 unspecified atom stereocenters. The van der Waals surface area contributed by atoms with Gasteiger partial charge >= 0.3 is 5.97 Å². The molecule has 0 bridgehead atoms. The topological polar surface area (TPSA) is 214 Å². The summed E-state index contributed by atoms with van der Waals surface area (Å²) in [6, 6.07) is 0. The molecule has 14 nitrogen and oxygen atoms in total. The largest absolute Gasteiger partial charge is 0.457 e. The lowest BCUT2D eigenvalue weighted by Crippen LogP contribution is -2.61. The van der Waals surface area contributed by atoms with Gasteiger partial charge in [0.2, 0.25) is 0 Å². The van der Waals surface area contributed by atoms with E-state index in [1.54, 1.807) is 0 Å². The zero-order chi connectivity index (χ0) is 45.2. The molecule has 7 N–H and O–H groups in total. The highest BCUT2D eigenvalue weighted by molar-refractivity contribution is 5.69. The van der Waals surface area contributed by atoms with Gasteiger partial charge in [-0.25, -0.2) is 0 Å². The van der Waals surface area contributed by atoms with Crippen LogP contribution < -0.4 is 0 Å². The second kappa shape index (κ2) is 36.7. The molecule has 2 aliphatic heterocycles. The van der Waals surface area contributed by atoms with Gasteiger partial charge in [-0.1, -0.05) is 154 Å². The Balaban J connectivity index is 1.79. The van der Waals surface area contributed by atoms with E-state index in [0.717, 1.165) is 64.2 Å². The number of carbonyl (C=O) groups excluding carboxylic acids is 1. The van der Waals surface area contributed by atoms with E-state index in [4.69, 9.17) is 28.4 Å². The summed E-state index contributed by atoms with van der Waals surface area (Å²) >= 11 is 0. The minimum Gasteiger partial charge on any atom is -0.457 e. The Morgan fingerprint density at radius 1 is 0.532 bits per heavy atom. The molecular formula is C48H88O14. The Bertz CT molecular complexity index is 1120. The summed E-state index contributed by atoms with van der Waals surface area (Å²) in [7, 11) is 0. The maximum Gasteiger partial charge on any atom is 0.306 e. The lowest BCUT2D eigenvalue weighted by Gasteiger charge is -2.42. The van der Waals surface area contributed by atoms with E-state index in [0.29, 0.717) is 13.0 Å². The molecule has 2 saturated heterocycles. The van der Waals surface area contributed by atoms with Crippen molar-refractivity contribution in [2.24, 2.45) is 0 Å². The molecule has 2 fully saturated rings. The van der Waals surface area contributed by atoms with Crippen molar-refractivity contribution < 1.29 is 69.0 Å². The molecule has 2 aliphatic rings. The van der Waals surface area contributed by atoms with Crippen LogP contribution in [0.2, 0.25) is 0 Å². The van der Waals surface area contributed by atoms with E-state index in [1.165, 1.54) is 83.5 Å². The third kappa shape index (κ3) is 24.7. The van der Waals surface area contributed by atoms with Crippen LogP contribution in [0.25, 0.3) is 0 Å². The number of ether oxygens (including phenoxy) is 6. The van der Waals surface area contributed by atoms with Crippen molar-refractivity contribution in [1.29, 1.82) is 0 Å². The number of unbranched alkanes of at least 4 members (excludes halogenated alkanes) is 20. The molecule has 2 rings (SSSR count). The van der Waals surface area contributed by atoms with Gasteiger partial charge in [-0.15, -0.1) is 0 Å². The number of allylic oxidation sites excluding steroid dienone is 4. The fraction of sp³-hybridized carbons (Fsp3) is 0.896. The molecule has 11 atom stereocenters. The van der Waals surface area contributed by atoms with E-state index in [1.807, 2.05) is 0 Å². The van der Waals surface area contributed by atoms with Gasteiger partial charge in [-0.3, -0.25) is 4.79 Å². The minimum absolute atomic E-state index is 0.0577. The van der Waals surface area contributed by atoms with Crippen LogP contribution in [0.1, 0.15) is 174 Å². The summed E-state index contributed by atoms with van der Waals surface area (Å²) in [5.41, 5.74) is 0. The molecule has 364 valence electrons. The Morgan fingerprint density at radius 3 is 1.60 bits per heavy atom. The predicted octanol–water partition coefficient (Wildman–Crippen LogP) is 6.46. The number of aliphatic hydroxyl groups excluding tert-OH is 7. The van der Waals surface area contributed by atoms with Crippen LogP contribution in [0.4, 0.5) is 0 Å². The van der Waals surface area contributed by atoms with Crippen molar-refractivity contribution in [2.45, 2.75) is 242 Å². The summed E-state index contributed by atoms with van der Waals surface area (Å²) in [5.74, 6) is -0.380. The molecule has 0 aliphatic carbocycles. The van der Waals surface area contributed by atoms with Gasteiger partial charge in [-0.05, 0) is 38.5 Å². The predicted molar refractivity (Wildman–Crippen MR) is 238 cm³/mol. The van der Waals surface area contributed by atoms with Crippen molar-refractivity contribution in [2.75, 3.05) is 33.0 Å². The van der Waals surface area contributed by atoms with E-state index in [-0.39, 0.29) is 25.6 Å². The van der Waals surface area contributed by atoms with Crippen LogP contribution in [0.3, 0.4) is 0 Å². The molecule has 14 heteroatoms. The van der Waals surface area contributed by atoms with Crippen LogP contribution in [0, 0.1) is 0 Å². The fourth-order valence-corrected chi connectivity index (χ4v) is 7.65. The zero-order valence-electron chi connectivity index (χ0n) is 38.4. The number of hydrogen-bond acceptors (Lipinski definition) is 14. The maximum absolute atomic E-state index is 13.0. The molecular weight excluding hydrogens is 801 g/mol. The number of rotatable bonds is 38. The van der Waals surface area contributed by atoms with Crippen molar-refractivity contribution >= 4 is 5.97 Å². The SMILES string of the molecule is CCCC/C=C\C/C=C\CCCCCCCCOCC(COC1OC(COC2OC(CO)C(O)C(O)C2O)C(O)C(O)C1O)OC(=O)CCCCCCCCCCCCCCC. The molecule has 0 radical (unpaired) electrons. The molecule has 0 aromatic heterocycles. The van der Waals surface area contributed by atoms with E-state index in [9.17, 15) is 40.5 Å². The molecule has 0 saturated carbocycles. The lowest BCUT2D eigenvalue weighted by molar-refractivity contribution is -0.332. The van der Waals surface area contributed by atoms with E-state index >= 15 is 0 Å². The smallest absolute Gasteiger partial charge is 0.306 e. The summed E-state index contributed by atoms with van der Waals surface area (Å²) in [6.07, 6.45) is 20.9. The van der Waals surface area contributed by atoms with Crippen LogP contribution in [0.5, 0.6) is 0 Å². The molecule has 0 aromatic rings. The van der Waals surface area contributed by atoms with E-state index in [2.05, 4.69) is 38.2 Å². The summed E-state index contributed by atoms with van der Waals surface area (Å²) < 4.78 is 34.2. The van der Waals surface area contributed by atoms with Gasteiger partial charge in [0.05, 0.1) is 26.4 Å². The first-order chi connectivity index (χ1) is 30.1. The number of aliphatic hydroxyl groups is 7. The van der Waals surface area contributed by atoms with Crippen molar-refractivity contribution in [3.63, 3.8) is 0 Å². The highest BCUT2D eigenvalue weighted by atomic mass is 16.7. The third-order valence-corrected chi connectivity index (χ3v) is 11.7. The molecule has 0 amide bonds. The average Bonchev–Trinajstić information content (AvgIpc) is 3.27. The molecule has 0 spiro atoms. The Morgan fingerprint density at radius 2 is 1.02 bits per heavy atom. The van der Waals surface area contributed by atoms with Gasteiger partial charge in [0.1, 0.15) is 54.9 Å². The minimum atomic E-state index is -1.70. The quantitative estimate of drug-likeness (QED) is 0.0202. The summed E-state index contributed by atoms with van der Waals surface area (Å²) in [4.78, 5) is 13.0. The fourth-order valence-electron chi connectivity index (χ4n) is 7.65. The van der Waals surface area contributed by atoms with Crippen LogP contribution in [0.15, 0.2) is 24.3 Å². The van der Waals surface area contributed by atoms with Crippen LogP contribution >= 0.6 is 0 Å². The Kier molecular flexibility index (Phi) is 33.5. The van der Waals surface area contributed by atoms with E-state index < -0.39 is 80.7 Å². The first kappa shape index (κ1) is 56.6. The number of esters is 1. The van der Waals surface area contributed by atoms with Gasteiger partial charge < -0.3 is 64.2 Å². The standard InChI is InChI=1S/C48H88O14/c1-3-5-7-9-11-13-15-17-18-20-22-24-26-28-30-32-57-34-37(60-40(50)31-29-27-25-23-21-19-16-14-12-10-8-6-4-2)35-58-47-46(56)44(54)42(52)39(62-47)36-59-48-45(55)43(53)41(51)38(33-49)61-48/h9,11,15,17,37-39,41-49,51-56H,3-8,10,12-14,16,18-36H2,1-2H3/b11-9-,17-15-. The highest BCUT2D eigenvalue weighted by Crippen LogP contribution is 2.26. The second-order valence-electron chi connectivity index (χ2n) is 17.3. The van der Waals surface area contributed by atoms with Gasteiger partial charge in [0.25, 0.3) is 0 Å². The molecule has 62 heavy (non-hydrogen) atoms. The van der Waals surface area contributed by atoms with Crippen molar-refractivity contribution in [3.8, 4) is 0 Å². The zero-order valence-corrected chi connectivity index (χ0v) is 38.4. The third-order valence-electron chi connectivity index (χ3n) is 11.7.